The van der Waals surface area contributed by atoms with Gasteiger partial charge in [-0.1, -0.05) is 36.9 Å². The lowest BCUT2D eigenvalue weighted by Gasteiger charge is -2.35. The largest absolute Gasteiger partial charge is 0.339 e. The number of para-hydroxylation sites is 1. The van der Waals surface area contributed by atoms with Gasteiger partial charge in [-0.2, -0.15) is 0 Å². The van der Waals surface area contributed by atoms with Crippen LogP contribution >= 0.6 is 11.8 Å². The van der Waals surface area contributed by atoms with Gasteiger partial charge in [0.2, 0.25) is 5.91 Å². The Morgan fingerprint density at radius 2 is 1.85 bits per heavy atom. The van der Waals surface area contributed by atoms with Crippen molar-refractivity contribution >= 4 is 17.7 Å². The van der Waals surface area contributed by atoms with Gasteiger partial charge in [0.15, 0.2) is 5.16 Å². The zero-order chi connectivity index (χ0) is 18.8. The third-order valence-electron chi connectivity index (χ3n) is 5.38. The SMILES string of the molecule is CCN1CCN(C(=O)[C@@H](C)Sc2nnc(C3CC3)n2-c2ccccc2)CC1. The van der Waals surface area contributed by atoms with Crippen LogP contribution in [0.4, 0.5) is 0 Å². The first-order chi connectivity index (χ1) is 13.2. The summed E-state index contributed by atoms with van der Waals surface area (Å²) in [6.07, 6.45) is 2.34. The van der Waals surface area contributed by atoms with Crippen LogP contribution in [0.1, 0.15) is 38.4 Å². The van der Waals surface area contributed by atoms with Crippen molar-refractivity contribution in [1.82, 2.24) is 24.6 Å². The molecule has 7 heteroatoms. The van der Waals surface area contributed by atoms with E-state index >= 15 is 0 Å². The van der Waals surface area contributed by atoms with Crippen LogP contribution in [0.25, 0.3) is 5.69 Å². The number of benzene rings is 1. The number of carbonyl (C=O) groups excluding carboxylic acids is 1. The summed E-state index contributed by atoms with van der Waals surface area (Å²) in [6.45, 7) is 8.77. The van der Waals surface area contributed by atoms with Crippen LogP contribution in [0.2, 0.25) is 0 Å². The molecule has 6 nitrogen and oxygen atoms in total. The molecule has 144 valence electrons. The molecule has 4 rings (SSSR count). The third kappa shape index (κ3) is 4.04. The molecule has 1 saturated heterocycles. The van der Waals surface area contributed by atoms with Crippen LogP contribution in [0.15, 0.2) is 35.5 Å². The summed E-state index contributed by atoms with van der Waals surface area (Å²) in [4.78, 5) is 17.3. The summed E-state index contributed by atoms with van der Waals surface area (Å²) in [7, 11) is 0. The van der Waals surface area contributed by atoms with Crippen LogP contribution in [-0.4, -0.2) is 68.4 Å². The average Bonchev–Trinajstić information content (AvgIpc) is 3.48. The van der Waals surface area contributed by atoms with Crippen molar-refractivity contribution in [2.24, 2.45) is 0 Å². The smallest absolute Gasteiger partial charge is 0.235 e. The highest BCUT2D eigenvalue weighted by atomic mass is 32.2. The lowest BCUT2D eigenvalue weighted by Crippen LogP contribution is -2.50. The van der Waals surface area contributed by atoms with Gasteiger partial charge in [-0.25, -0.2) is 0 Å². The minimum atomic E-state index is -0.170. The number of aromatic nitrogens is 3. The molecule has 0 radical (unpaired) electrons. The fraction of sp³-hybridized carbons (Fsp3) is 0.550. The van der Waals surface area contributed by atoms with Gasteiger partial charge >= 0.3 is 0 Å². The van der Waals surface area contributed by atoms with Crippen LogP contribution in [0.3, 0.4) is 0 Å². The summed E-state index contributed by atoms with van der Waals surface area (Å²) in [5.74, 6) is 1.73. The summed E-state index contributed by atoms with van der Waals surface area (Å²) in [6, 6.07) is 10.2. The van der Waals surface area contributed by atoms with E-state index in [1.54, 1.807) is 0 Å². The first-order valence-electron chi connectivity index (χ1n) is 9.86. The third-order valence-corrected chi connectivity index (χ3v) is 6.41. The number of likely N-dealkylation sites (N-methyl/N-ethyl adjacent to an activating group) is 1. The van der Waals surface area contributed by atoms with Gasteiger partial charge in [0.05, 0.1) is 5.25 Å². The molecule has 2 aromatic rings. The van der Waals surface area contributed by atoms with Gasteiger partial charge in [0.1, 0.15) is 5.82 Å². The summed E-state index contributed by atoms with van der Waals surface area (Å²) >= 11 is 1.52. The van der Waals surface area contributed by atoms with Gasteiger partial charge in [-0.3, -0.25) is 9.36 Å². The summed E-state index contributed by atoms with van der Waals surface area (Å²) in [5.41, 5.74) is 1.07. The molecular formula is C20H27N5OS. The second-order valence-electron chi connectivity index (χ2n) is 7.31. The Morgan fingerprint density at radius 1 is 1.15 bits per heavy atom. The number of piperazine rings is 1. The Bertz CT molecular complexity index is 781. The number of hydrogen-bond donors (Lipinski definition) is 0. The number of hydrogen-bond acceptors (Lipinski definition) is 5. The van der Waals surface area contributed by atoms with Gasteiger partial charge < -0.3 is 9.80 Å². The van der Waals surface area contributed by atoms with Crippen molar-refractivity contribution in [3.05, 3.63) is 36.2 Å². The highest BCUT2D eigenvalue weighted by Crippen LogP contribution is 2.41. The molecule has 0 N–H and O–H groups in total. The Kier molecular flexibility index (Phi) is 5.50. The lowest BCUT2D eigenvalue weighted by atomic mass is 10.3. The molecule has 2 fully saturated rings. The van der Waals surface area contributed by atoms with Crippen LogP contribution in [0, 0.1) is 0 Å². The van der Waals surface area contributed by atoms with Crippen molar-refractivity contribution in [3.63, 3.8) is 0 Å². The number of carbonyl (C=O) groups is 1. The zero-order valence-electron chi connectivity index (χ0n) is 16.0. The molecule has 1 aliphatic heterocycles. The first kappa shape index (κ1) is 18.5. The minimum absolute atomic E-state index is 0.170. The highest BCUT2D eigenvalue weighted by molar-refractivity contribution is 8.00. The van der Waals surface area contributed by atoms with Crippen LogP contribution in [-0.2, 0) is 4.79 Å². The number of thioether (sulfide) groups is 1. The van der Waals surface area contributed by atoms with Crippen LogP contribution < -0.4 is 0 Å². The maximum absolute atomic E-state index is 12.9. The number of nitrogens with zero attached hydrogens (tertiary/aromatic N) is 5. The molecule has 2 aliphatic rings. The standard InChI is InChI=1S/C20H27N5OS/c1-3-23-11-13-24(14-12-23)19(26)15(2)27-20-22-21-18(16-9-10-16)25(20)17-7-5-4-6-8-17/h4-8,15-16H,3,9-14H2,1-2H3/t15-/m1/s1. The van der Waals surface area contributed by atoms with E-state index in [1.807, 2.05) is 30.0 Å². The van der Waals surface area contributed by atoms with Crippen LogP contribution in [0.5, 0.6) is 0 Å². The predicted molar refractivity (Wildman–Crippen MR) is 107 cm³/mol. The molecule has 0 unspecified atom stereocenters. The molecule has 1 amide bonds. The molecule has 1 saturated carbocycles. The highest BCUT2D eigenvalue weighted by Gasteiger charge is 2.32. The van der Waals surface area contributed by atoms with Crippen molar-refractivity contribution in [1.29, 1.82) is 0 Å². The van der Waals surface area contributed by atoms with Crippen molar-refractivity contribution in [2.45, 2.75) is 43.0 Å². The number of amides is 1. The molecule has 1 atom stereocenters. The Balaban J connectivity index is 1.50. The van der Waals surface area contributed by atoms with E-state index in [2.05, 4.69) is 38.7 Å². The van der Waals surface area contributed by atoms with E-state index in [9.17, 15) is 4.79 Å². The summed E-state index contributed by atoms with van der Waals surface area (Å²) < 4.78 is 2.14. The maximum Gasteiger partial charge on any atom is 0.235 e. The van der Waals surface area contributed by atoms with Crippen molar-refractivity contribution in [3.8, 4) is 5.69 Å². The van der Waals surface area contributed by atoms with E-state index in [0.29, 0.717) is 5.92 Å². The molecule has 1 aromatic heterocycles. The fourth-order valence-electron chi connectivity index (χ4n) is 3.53. The lowest BCUT2D eigenvalue weighted by molar-refractivity contribution is -0.132. The van der Waals surface area contributed by atoms with Crippen molar-refractivity contribution < 1.29 is 4.79 Å². The Labute approximate surface area is 164 Å². The number of rotatable bonds is 6. The van der Waals surface area contributed by atoms with Gasteiger partial charge in [0.25, 0.3) is 0 Å². The second kappa shape index (κ2) is 8.02. The van der Waals surface area contributed by atoms with E-state index in [-0.39, 0.29) is 11.2 Å². The zero-order valence-corrected chi connectivity index (χ0v) is 16.9. The van der Waals surface area contributed by atoms with Gasteiger partial charge in [-0.15, -0.1) is 10.2 Å². The van der Waals surface area contributed by atoms with E-state index in [1.165, 1.54) is 24.6 Å². The summed E-state index contributed by atoms with van der Waals surface area (Å²) in [5, 5.41) is 9.55. The molecule has 2 heterocycles. The van der Waals surface area contributed by atoms with Gasteiger partial charge in [-0.05, 0) is 38.4 Å². The monoisotopic (exact) mass is 385 g/mol. The quantitative estimate of drug-likeness (QED) is 0.716. The molecular weight excluding hydrogens is 358 g/mol. The minimum Gasteiger partial charge on any atom is -0.339 e. The predicted octanol–water partition coefficient (Wildman–Crippen LogP) is 2.79. The first-order valence-corrected chi connectivity index (χ1v) is 10.7. The molecule has 27 heavy (non-hydrogen) atoms. The van der Waals surface area contributed by atoms with E-state index < -0.39 is 0 Å². The fourth-order valence-corrected chi connectivity index (χ4v) is 4.49. The second-order valence-corrected chi connectivity index (χ2v) is 8.61. The van der Waals surface area contributed by atoms with E-state index in [4.69, 9.17) is 0 Å². The maximum atomic E-state index is 12.9. The average molecular weight is 386 g/mol. The van der Waals surface area contributed by atoms with Crippen molar-refractivity contribution in [2.75, 3.05) is 32.7 Å². The molecule has 0 bridgehead atoms. The normalized spacial score (nSPS) is 19.3. The van der Waals surface area contributed by atoms with E-state index in [0.717, 1.165) is 49.4 Å². The molecule has 1 aromatic carbocycles. The topological polar surface area (TPSA) is 54.3 Å². The molecule has 1 aliphatic carbocycles. The Hall–Kier alpha value is -1.86. The van der Waals surface area contributed by atoms with Gasteiger partial charge in [0, 0.05) is 37.8 Å². The Morgan fingerprint density at radius 3 is 2.48 bits per heavy atom. The molecule has 0 spiro atoms.